The third-order valence-corrected chi connectivity index (χ3v) is 3.08. The van der Waals surface area contributed by atoms with E-state index < -0.39 is 18.6 Å². The first kappa shape index (κ1) is 16.5. The molecule has 0 radical (unpaired) electrons. The van der Waals surface area contributed by atoms with Crippen LogP contribution in [-0.4, -0.2) is 30.6 Å². The van der Waals surface area contributed by atoms with E-state index in [-0.39, 0.29) is 18.5 Å². The molecular weight excluding hydrogens is 309 g/mol. The molecule has 3 N–H and O–H groups in total. The first-order valence-electron chi connectivity index (χ1n) is 6.39. The van der Waals surface area contributed by atoms with E-state index in [1.807, 2.05) is 0 Å². The van der Waals surface area contributed by atoms with Crippen molar-refractivity contribution in [3.8, 4) is 5.75 Å². The summed E-state index contributed by atoms with van der Waals surface area (Å²) in [7, 11) is 0. The van der Waals surface area contributed by atoms with E-state index in [0.717, 1.165) is 0 Å². The van der Waals surface area contributed by atoms with Gasteiger partial charge in [-0.25, -0.2) is 4.99 Å². The molecule has 0 unspecified atom stereocenters. The molecule has 22 heavy (non-hydrogen) atoms. The van der Waals surface area contributed by atoms with Crippen molar-refractivity contribution in [1.82, 2.24) is 5.32 Å². The van der Waals surface area contributed by atoms with Crippen LogP contribution in [0, 0.1) is 0 Å². The highest BCUT2D eigenvalue weighted by Gasteiger charge is 2.56. The second-order valence-electron chi connectivity index (χ2n) is 4.90. The molecule has 0 saturated heterocycles. The monoisotopic (exact) mass is 323 g/mol. The van der Waals surface area contributed by atoms with Gasteiger partial charge in [0.25, 0.3) is 0 Å². The van der Waals surface area contributed by atoms with Crippen LogP contribution < -0.4 is 15.8 Å². The highest BCUT2D eigenvalue weighted by molar-refractivity contribution is 5.89. The van der Waals surface area contributed by atoms with Crippen molar-refractivity contribution in [2.75, 3.05) is 6.54 Å². The number of benzene rings is 1. The number of aliphatic imine (C=N–C) groups is 1. The predicted molar refractivity (Wildman–Crippen MR) is 70.5 cm³/mol. The van der Waals surface area contributed by atoms with Crippen LogP contribution >= 0.6 is 0 Å². The minimum absolute atomic E-state index is 0.163. The fourth-order valence-corrected chi connectivity index (χ4v) is 1.80. The SMILES string of the molecule is C[C@H]1Oc2ccc(CNCC(F)(F)C(F)(F)F)cc2N=C1N. The summed E-state index contributed by atoms with van der Waals surface area (Å²) in [5.41, 5.74) is 6.54. The third-order valence-electron chi connectivity index (χ3n) is 3.08. The van der Waals surface area contributed by atoms with Gasteiger partial charge in [0.1, 0.15) is 17.3 Å². The van der Waals surface area contributed by atoms with Crippen LogP contribution in [0.15, 0.2) is 23.2 Å². The van der Waals surface area contributed by atoms with E-state index in [1.165, 1.54) is 6.07 Å². The number of hydrogen-bond donors (Lipinski definition) is 2. The maximum atomic E-state index is 12.8. The van der Waals surface area contributed by atoms with Gasteiger partial charge in [-0.3, -0.25) is 0 Å². The van der Waals surface area contributed by atoms with Crippen molar-refractivity contribution < 1.29 is 26.7 Å². The topological polar surface area (TPSA) is 59.6 Å². The quantitative estimate of drug-likeness (QED) is 0.838. The number of fused-ring (bicyclic) bond motifs is 1. The van der Waals surface area contributed by atoms with Crippen LogP contribution in [0.3, 0.4) is 0 Å². The summed E-state index contributed by atoms with van der Waals surface area (Å²) < 4.78 is 67.0. The molecule has 0 bridgehead atoms. The second-order valence-corrected chi connectivity index (χ2v) is 4.90. The largest absolute Gasteiger partial charge is 0.481 e. The number of rotatable bonds is 4. The number of alkyl halides is 5. The van der Waals surface area contributed by atoms with Crippen LogP contribution in [0.5, 0.6) is 5.75 Å². The number of hydrogen-bond acceptors (Lipinski definition) is 4. The lowest BCUT2D eigenvalue weighted by Gasteiger charge is -2.22. The van der Waals surface area contributed by atoms with E-state index in [1.54, 1.807) is 19.1 Å². The summed E-state index contributed by atoms with van der Waals surface area (Å²) in [6.45, 7) is 0.0624. The standard InChI is InChI=1S/C13H14F5N3O/c1-7-11(19)21-9-4-8(2-3-10(9)22-7)5-20-6-12(14,15)13(16,17)18/h2-4,7,20H,5-6H2,1H3,(H2,19,21)/t7-/m1/s1. The van der Waals surface area contributed by atoms with Gasteiger partial charge >= 0.3 is 12.1 Å². The van der Waals surface area contributed by atoms with Crippen LogP contribution in [-0.2, 0) is 6.54 Å². The van der Waals surface area contributed by atoms with Gasteiger partial charge in [0.2, 0.25) is 0 Å². The molecule has 122 valence electrons. The Morgan fingerprint density at radius 3 is 2.59 bits per heavy atom. The first-order chi connectivity index (χ1) is 10.1. The van der Waals surface area contributed by atoms with Crippen LogP contribution in [0.25, 0.3) is 0 Å². The molecule has 1 aliphatic rings. The summed E-state index contributed by atoms with van der Waals surface area (Å²) in [6, 6.07) is 4.65. The molecule has 1 heterocycles. The smallest absolute Gasteiger partial charge is 0.454 e. The number of ether oxygens (including phenoxy) is 1. The van der Waals surface area contributed by atoms with Crippen molar-refractivity contribution in [1.29, 1.82) is 0 Å². The molecule has 1 aliphatic heterocycles. The molecule has 0 fully saturated rings. The predicted octanol–water partition coefficient (Wildman–Crippen LogP) is 2.74. The normalized spacial score (nSPS) is 18.5. The minimum atomic E-state index is -5.57. The molecule has 1 aromatic rings. The summed E-state index contributed by atoms with van der Waals surface area (Å²) in [6.07, 6.45) is -5.94. The van der Waals surface area contributed by atoms with Gasteiger partial charge < -0.3 is 15.8 Å². The van der Waals surface area contributed by atoms with Crippen LogP contribution in [0.1, 0.15) is 12.5 Å². The van der Waals surface area contributed by atoms with Crippen molar-refractivity contribution >= 4 is 11.5 Å². The Balaban J connectivity index is 2.01. The van der Waals surface area contributed by atoms with Gasteiger partial charge in [-0.05, 0) is 24.6 Å². The molecule has 2 rings (SSSR count). The fourth-order valence-electron chi connectivity index (χ4n) is 1.80. The van der Waals surface area contributed by atoms with E-state index in [9.17, 15) is 22.0 Å². The number of halogens is 5. The van der Waals surface area contributed by atoms with Crippen molar-refractivity contribution in [2.24, 2.45) is 10.7 Å². The summed E-state index contributed by atoms with van der Waals surface area (Å²) in [4.78, 5) is 4.10. The maximum absolute atomic E-state index is 12.8. The van der Waals surface area contributed by atoms with Gasteiger partial charge in [-0.15, -0.1) is 0 Å². The van der Waals surface area contributed by atoms with Crippen molar-refractivity contribution in [2.45, 2.75) is 31.7 Å². The molecule has 1 atom stereocenters. The average Bonchev–Trinajstić information content (AvgIpc) is 2.39. The van der Waals surface area contributed by atoms with E-state index in [2.05, 4.69) is 10.3 Å². The van der Waals surface area contributed by atoms with Gasteiger partial charge in [0.15, 0.2) is 6.10 Å². The number of nitrogens with zero attached hydrogens (tertiary/aromatic N) is 1. The van der Waals surface area contributed by atoms with Gasteiger partial charge in [-0.1, -0.05) is 6.07 Å². The molecule has 4 nitrogen and oxygen atoms in total. The van der Waals surface area contributed by atoms with Crippen molar-refractivity contribution in [3.05, 3.63) is 23.8 Å². The Morgan fingerprint density at radius 1 is 1.27 bits per heavy atom. The molecule has 1 aromatic carbocycles. The fraction of sp³-hybridized carbons (Fsp3) is 0.462. The van der Waals surface area contributed by atoms with E-state index in [0.29, 0.717) is 17.0 Å². The molecule has 9 heteroatoms. The van der Waals surface area contributed by atoms with Gasteiger partial charge in [-0.2, -0.15) is 22.0 Å². The summed E-state index contributed by atoms with van der Waals surface area (Å²) >= 11 is 0. The zero-order valence-electron chi connectivity index (χ0n) is 11.5. The first-order valence-corrected chi connectivity index (χ1v) is 6.39. The Morgan fingerprint density at radius 2 is 1.95 bits per heavy atom. The lowest BCUT2D eigenvalue weighted by Crippen LogP contribution is -2.45. The minimum Gasteiger partial charge on any atom is -0.481 e. The van der Waals surface area contributed by atoms with Crippen LogP contribution in [0.4, 0.5) is 27.6 Å². The Bertz CT molecular complexity index is 586. The zero-order chi connectivity index (χ0) is 16.5. The molecule has 0 amide bonds. The van der Waals surface area contributed by atoms with E-state index in [4.69, 9.17) is 10.5 Å². The summed E-state index contributed by atoms with van der Waals surface area (Å²) in [5.74, 6) is -4.03. The molecular formula is C13H14F5N3O. The second kappa shape index (κ2) is 5.71. The maximum Gasteiger partial charge on any atom is 0.454 e. The molecule has 0 spiro atoms. The third kappa shape index (κ3) is 3.46. The molecule has 0 saturated carbocycles. The average molecular weight is 323 g/mol. The number of amidine groups is 1. The Hall–Kier alpha value is -1.90. The van der Waals surface area contributed by atoms with Crippen molar-refractivity contribution in [3.63, 3.8) is 0 Å². The van der Waals surface area contributed by atoms with Gasteiger partial charge in [0, 0.05) is 6.54 Å². The lowest BCUT2D eigenvalue weighted by atomic mass is 10.1. The van der Waals surface area contributed by atoms with Gasteiger partial charge in [0.05, 0.1) is 6.54 Å². The highest BCUT2D eigenvalue weighted by atomic mass is 19.4. The number of nitrogens with two attached hydrogens (primary N) is 1. The zero-order valence-corrected chi connectivity index (χ0v) is 11.5. The summed E-state index contributed by atoms with van der Waals surface area (Å²) in [5, 5.41) is 2.08. The van der Waals surface area contributed by atoms with E-state index >= 15 is 0 Å². The molecule has 0 aromatic heterocycles. The highest BCUT2D eigenvalue weighted by Crippen LogP contribution is 2.35. The molecule has 0 aliphatic carbocycles. The van der Waals surface area contributed by atoms with Crippen LogP contribution in [0.2, 0.25) is 0 Å². The Kier molecular flexibility index (Phi) is 4.28. The lowest BCUT2D eigenvalue weighted by molar-refractivity contribution is -0.279. The number of nitrogens with one attached hydrogen (secondary N) is 1. The Labute approximate surface area is 123 Å².